The van der Waals surface area contributed by atoms with E-state index in [1.54, 1.807) is 47.5 Å². The molecule has 8 heteroatoms. The molecule has 1 amide bonds. The van der Waals surface area contributed by atoms with E-state index in [9.17, 15) is 18.5 Å². The van der Waals surface area contributed by atoms with E-state index in [2.05, 4.69) is 11.1 Å². The average molecular weight is 413 g/mol. The van der Waals surface area contributed by atoms with Crippen molar-refractivity contribution < 1.29 is 13.2 Å². The van der Waals surface area contributed by atoms with E-state index in [1.807, 2.05) is 11.8 Å². The van der Waals surface area contributed by atoms with Crippen molar-refractivity contribution in [1.29, 1.82) is 5.26 Å². The molecule has 2 aromatic rings. The van der Waals surface area contributed by atoms with Crippen LogP contribution in [0.5, 0.6) is 0 Å². The topological polar surface area (TPSA) is 94.4 Å². The standard InChI is InChI=1S/C21H24N4O3S/c1-17-5-7-19(8-6-17)29(27,28)15-9-20(26)24-11-3-12-25(14-13-24)21-18(16-22)4-2-10-23-21/h2,4-8,10H,3,9,11-15H2,1H3. The van der Waals surface area contributed by atoms with Crippen molar-refractivity contribution in [3.8, 4) is 6.07 Å². The molecule has 152 valence electrons. The van der Waals surface area contributed by atoms with Gasteiger partial charge in [0.25, 0.3) is 0 Å². The minimum absolute atomic E-state index is 0.0385. The van der Waals surface area contributed by atoms with E-state index >= 15 is 0 Å². The van der Waals surface area contributed by atoms with Gasteiger partial charge in [0.2, 0.25) is 5.91 Å². The van der Waals surface area contributed by atoms with Crippen LogP contribution in [0.3, 0.4) is 0 Å². The van der Waals surface area contributed by atoms with Gasteiger partial charge < -0.3 is 9.80 Å². The summed E-state index contributed by atoms with van der Waals surface area (Å²) in [6.45, 7) is 4.19. The zero-order valence-corrected chi connectivity index (χ0v) is 17.2. The Kier molecular flexibility index (Phi) is 6.49. The molecule has 1 aromatic carbocycles. The lowest BCUT2D eigenvalue weighted by Crippen LogP contribution is -2.36. The van der Waals surface area contributed by atoms with Gasteiger partial charge in [0, 0.05) is 38.8 Å². The fourth-order valence-electron chi connectivity index (χ4n) is 3.36. The van der Waals surface area contributed by atoms with Crippen LogP contribution in [-0.4, -0.2) is 56.1 Å². The molecule has 0 spiro atoms. The number of nitrogens with zero attached hydrogens (tertiary/aromatic N) is 4. The van der Waals surface area contributed by atoms with Crippen LogP contribution in [0.4, 0.5) is 5.82 Å². The number of carbonyl (C=O) groups is 1. The second kappa shape index (κ2) is 9.05. The van der Waals surface area contributed by atoms with E-state index in [-0.39, 0.29) is 23.0 Å². The maximum absolute atomic E-state index is 12.6. The molecule has 1 aliphatic rings. The highest BCUT2D eigenvalue weighted by atomic mass is 32.2. The van der Waals surface area contributed by atoms with Crippen LogP contribution in [-0.2, 0) is 14.6 Å². The largest absolute Gasteiger partial charge is 0.354 e. The molecule has 3 rings (SSSR count). The van der Waals surface area contributed by atoms with Crippen molar-refractivity contribution in [3.05, 3.63) is 53.7 Å². The summed E-state index contributed by atoms with van der Waals surface area (Å²) in [6, 6.07) is 12.3. The minimum atomic E-state index is -3.49. The van der Waals surface area contributed by atoms with Crippen molar-refractivity contribution in [2.45, 2.75) is 24.7 Å². The number of pyridine rings is 1. The lowest BCUT2D eigenvalue weighted by atomic mass is 10.2. The van der Waals surface area contributed by atoms with Crippen molar-refractivity contribution in [1.82, 2.24) is 9.88 Å². The molecule has 2 heterocycles. The predicted molar refractivity (Wildman–Crippen MR) is 110 cm³/mol. The van der Waals surface area contributed by atoms with Crippen LogP contribution in [0.2, 0.25) is 0 Å². The number of nitriles is 1. The predicted octanol–water partition coefficient (Wildman–Crippen LogP) is 2.16. The number of hydrogen-bond acceptors (Lipinski definition) is 6. The number of rotatable bonds is 5. The Morgan fingerprint density at radius 2 is 1.90 bits per heavy atom. The third-order valence-electron chi connectivity index (χ3n) is 5.02. The number of aryl methyl sites for hydroxylation is 1. The number of aromatic nitrogens is 1. The van der Waals surface area contributed by atoms with Crippen LogP contribution in [0, 0.1) is 18.3 Å². The molecular formula is C21H24N4O3S. The average Bonchev–Trinajstić information content (AvgIpc) is 2.98. The van der Waals surface area contributed by atoms with Gasteiger partial charge in [0.1, 0.15) is 11.9 Å². The molecule has 0 aliphatic carbocycles. The van der Waals surface area contributed by atoms with Crippen molar-refractivity contribution >= 4 is 21.6 Å². The molecule has 0 atom stereocenters. The maximum atomic E-state index is 12.6. The first kappa shape index (κ1) is 20.8. The Balaban J connectivity index is 1.59. The zero-order valence-electron chi connectivity index (χ0n) is 16.4. The Bertz CT molecular complexity index is 1010. The third-order valence-corrected chi connectivity index (χ3v) is 6.75. The zero-order chi connectivity index (χ0) is 20.9. The van der Waals surface area contributed by atoms with Crippen LogP contribution in [0.1, 0.15) is 24.0 Å². The summed E-state index contributed by atoms with van der Waals surface area (Å²) < 4.78 is 25.0. The lowest BCUT2D eigenvalue weighted by Gasteiger charge is -2.23. The summed E-state index contributed by atoms with van der Waals surface area (Å²) in [5.74, 6) is 0.267. The first-order valence-corrected chi connectivity index (χ1v) is 11.2. The van der Waals surface area contributed by atoms with E-state index in [4.69, 9.17) is 0 Å². The Labute approximate surface area is 171 Å². The molecule has 1 saturated heterocycles. The van der Waals surface area contributed by atoms with E-state index in [0.29, 0.717) is 37.6 Å². The monoisotopic (exact) mass is 412 g/mol. The van der Waals surface area contributed by atoms with Crippen molar-refractivity contribution in [3.63, 3.8) is 0 Å². The van der Waals surface area contributed by atoms with Gasteiger partial charge in [0.15, 0.2) is 9.84 Å². The SMILES string of the molecule is Cc1ccc(S(=O)(=O)CCC(=O)N2CCCN(c3ncccc3C#N)CC2)cc1. The second-order valence-corrected chi connectivity index (χ2v) is 9.20. The molecule has 1 fully saturated rings. The van der Waals surface area contributed by atoms with Gasteiger partial charge in [-0.05, 0) is 37.6 Å². The van der Waals surface area contributed by atoms with Crippen molar-refractivity contribution in [2.75, 3.05) is 36.8 Å². The van der Waals surface area contributed by atoms with Crippen LogP contribution < -0.4 is 4.90 Å². The Morgan fingerprint density at radius 1 is 1.14 bits per heavy atom. The first-order valence-electron chi connectivity index (χ1n) is 9.58. The van der Waals surface area contributed by atoms with Gasteiger partial charge in [-0.1, -0.05) is 17.7 Å². The van der Waals surface area contributed by atoms with Crippen LogP contribution >= 0.6 is 0 Å². The first-order chi connectivity index (χ1) is 13.9. The smallest absolute Gasteiger partial charge is 0.223 e. The summed E-state index contributed by atoms with van der Waals surface area (Å²) in [4.78, 5) is 20.9. The van der Waals surface area contributed by atoms with Gasteiger partial charge in [-0.15, -0.1) is 0 Å². The highest BCUT2D eigenvalue weighted by Gasteiger charge is 2.23. The van der Waals surface area contributed by atoms with Gasteiger partial charge in [-0.3, -0.25) is 4.79 Å². The van der Waals surface area contributed by atoms with Gasteiger partial charge in [-0.2, -0.15) is 5.26 Å². The molecule has 0 N–H and O–H groups in total. The third kappa shape index (κ3) is 5.12. The molecule has 0 bridgehead atoms. The summed E-state index contributed by atoms with van der Waals surface area (Å²) in [5.41, 5.74) is 1.50. The van der Waals surface area contributed by atoms with Gasteiger partial charge >= 0.3 is 0 Å². The van der Waals surface area contributed by atoms with Gasteiger partial charge in [0.05, 0.1) is 16.2 Å². The van der Waals surface area contributed by atoms with Gasteiger partial charge in [-0.25, -0.2) is 13.4 Å². The molecule has 1 aliphatic heterocycles. The summed E-state index contributed by atoms with van der Waals surface area (Å²) in [6.07, 6.45) is 2.35. The number of hydrogen-bond donors (Lipinski definition) is 0. The van der Waals surface area contributed by atoms with E-state index < -0.39 is 9.84 Å². The minimum Gasteiger partial charge on any atom is -0.354 e. The number of carbonyl (C=O) groups excluding carboxylic acids is 1. The number of sulfone groups is 1. The lowest BCUT2D eigenvalue weighted by molar-refractivity contribution is -0.130. The quantitative estimate of drug-likeness (QED) is 0.747. The Hall–Kier alpha value is -2.92. The van der Waals surface area contributed by atoms with Crippen LogP contribution in [0.25, 0.3) is 0 Å². The Morgan fingerprint density at radius 3 is 2.62 bits per heavy atom. The molecule has 0 unspecified atom stereocenters. The highest BCUT2D eigenvalue weighted by Crippen LogP contribution is 2.19. The van der Waals surface area contributed by atoms with Crippen molar-refractivity contribution in [2.24, 2.45) is 0 Å². The molecule has 7 nitrogen and oxygen atoms in total. The van der Waals surface area contributed by atoms with E-state index in [0.717, 1.165) is 12.0 Å². The van der Waals surface area contributed by atoms with E-state index in [1.165, 1.54) is 0 Å². The fourth-order valence-corrected chi connectivity index (χ4v) is 4.59. The highest BCUT2D eigenvalue weighted by molar-refractivity contribution is 7.91. The molecule has 29 heavy (non-hydrogen) atoms. The number of anilines is 1. The maximum Gasteiger partial charge on any atom is 0.223 e. The summed E-state index contributed by atoms with van der Waals surface area (Å²) in [7, 11) is -3.49. The normalized spacial score (nSPS) is 14.9. The summed E-state index contributed by atoms with van der Waals surface area (Å²) in [5, 5.41) is 9.28. The molecular weight excluding hydrogens is 388 g/mol. The molecule has 0 saturated carbocycles. The second-order valence-electron chi connectivity index (χ2n) is 7.09. The fraction of sp³-hybridized carbons (Fsp3) is 0.381. The number of amides is 1. The summed E-state index contributed by atoms with van der Waals surface area (Å²) >= 11 is 0. The number of benzene rings is 1. The molecule has 1 aromatic heterocycles. The molecule has 0 radical (unpaired) electrons. The van der Waals surface area contributed by atoms with Crippen LogP contribution in [0.15, 0.2) is 47.5 Å².